The molecule has 0 aromatic carbocycles. The van der Waals surface area contributed by atoms with Crippen molar-refractivity contribution >= 4 is 6.08 Å². The second-order valence-electron chi connectivity index (χ2n) is 4.88. The zero-order chi connectivity index (χ0) is 11.3. The molecular formula is C13H20N2. The second kappa shape index (κ2) is 5.08. The molecular weight excluding hydrogens is 184 g/mol. The summed E-state index contributed by atoms with van der Waals surface area (Å²) in [4.78, 5) is 4.08. The van der Waals surface area contributed by atoms with Crippen LogP contribution in [0.4, 0.5) is 0 Å². The van der Waals surface area contributed by atoms with Crippen LogP contribution in [-0.2, 0) is 0 Å². The number of nitrogens with one attached hydrogen (secondary N) is 1. The van der Waals surface area contributed by atoms with Gasteiger partial charge in [0.2, 0.25) is 0 Å². The molecule has 2 heteroatoms. The van der Waals surface area contributed by atoms with Gasteiger partial charge in [0.1, 0.15) is 0 Å². The maximum absolute atomic E-state index is 4.08. The fourth-order valence-corrected chi connectivity index (χ4v) is 1.20. The summed E-state index contributed by atoms with van der Waals surface area (Å²) >= 11 is 0. The minimum absolute atomic E-state index is 0.171. The van der Waals surface area contributed by atoms with Crippen molar-refractivity contribution in [1.29, 1.82) is 0 Å². The van der Waals surface area contributed by atoms with E-state index in [1.54, 1.807) is 6.20 Å². The smallest absolute Gasteiger partial charge is 0.0340 e. The molecule has 1 rings (SSSR count). The van der Waals surface area contributed by atoms with Crippen molar-refractivity contribution in [1.82, 2.24) is 10.3 Å². The van der Waals surface area contributed by atoms with Crippen LogP contribution in [0.25, 0.3) is 6.08 Å². The molecule has 1 N–H and O–H groups in total. The molecule has 0 unspecified atom stereocenters. The van der Waals surface area contributed by atoms with Gasteiger partial charge in [-0.2, -0.15) is 0 Å². The molecule has 82 valence electrons. The predicted octanol–water partition coefficient (Wildman–Crippen LogP) is 2.87. The summed E-state index contributed by atoms with van der Waals surface area (Å²) in [7, 11) is 0. The average molecular weight is 204 g/mol. The van der Waals surface area contributed by atoms with Gasteiger partial charge in [0.15, 0.2) is 0 Å². The lowest BCUT2D eigenvalue weighted by Gasteiger charge is -2.20. The monoisotopic (exact) mass is 204 g/mol. The minimum atomic E-state index is 0.171. The zero-order valence-corrected chi connectivity index (χ0v) is 10.0. The molecule has 1 aromatic rings. The van der Waals surface area contributed by atoms with Gasteiger partial charge < -0.3 is 5.32 Å². The van der Waals surface area contributed by atoms with Gasteiger partial charge in [-0.25, -0.2) is 0 Å². The lowest BCUT2D eigenvalue weighted by atomic mass is 10.1. The molecule has 0 radical (unpaired) electrons. The Morgan fingerprint density at radius 2 is 2.20 bits per heavy atom. The number of rotatable bonds is 3. The Kier molecular flexibility index (Phi) is 4.04. The van der Waals surface area contributed by atoms with Crippen LogP contribution in [0.15, 0.2) is 30.1 Å². The van der Waals surface area contributed by atoms with Crippen molar-refractivity contribution in [3.63, 3.8) is 0 Å². The number of hydrogen-bond donors (Lipinski definition) is 1. The Bertz CT molecular complexity index is 320. The standard InChI is InChI=1S/C13H20N2/c1-11(9-15-13(2,3)4)8-12-6-5-7-14-10-12/h5-8,10,15H,9H2,1-4H3. The highest BCUT2D eigenvalue weighted by molar-refractivity contribution is 5.51. The maximum Gasteiger partial charge on any atom is 0.0340 e. The lowest BCUT2D eigenvalue weighted by Crippen LogP contribution is -2.36. The Morgan fingerprint density at radius 3 is 2.73 bits per heavy atom. The highest BCUT2D eigenvalue weighted by Gasteiger charge is 2.07. The van der Waals surface area contributed by atoms with Crippen molar-refractivity contribution in [2.75, 3.05) is 6.54 Å². The summed E-state index contributed by atoms with van der Waals surface area (Å²) in [6.07, 6.45) is 5.83. The van der Waals surface area contributed by atoms with E-state index < -0.39 is 0 Å². The van der Waals surface area contributed by atoms with Crippen molar-refractivity contribution in [3.05, 3.63) is 35.7 Å². The van der Waals surface area contributed by atoms with Gasteiger partial charge in [0.25, 0.3) is 0 Å². The maximum atomic E-state index is 4.08. The molecule has 0 amide bonds. The van der Waals surface area contributed by atoms with Gasteiger partial charge in [-0.3, -0.25) is 4.98 Å². The molecule has 1 aromatic heterocycles. The summed E-state index contributed by atoms with van der Waals surface area (Å²) in [5, 5.41) is 3.45. The number of hydrogen-bond acceptors (Lipinski definition) is 2. The first-order chi connectivity index (χ1) is 6.97. The molecule has 0 atom stereocenters. The first kappa shape index (κ1) is 11.9. The van der Waals surface area contributed by atoms with Crippen LogP contribution in [0.3, 0.4) is 0 Å². The van der Waals surface area contributed by atoms with E-state index in [2.05, 4.69) is 50.1 Å². The number of nitrogens with zero attached hydrogens (tertiary/aromatic N) is 1. The van der Waals surface area contributed by atoms with Crippen LogP contribution in [-0.4, -0.2) is 17.1 Å². The number of pyridine rings is 1. The summed E-state index contributed by atoms with van der Waals surface area (Å²) in [6.45, 7) is 9.56. The van der Waals surface area contributed by atoms with Gasteiger partial charge >= 0.3 is 0 Å². The highest BCUT2D eigenvalue weighted by atomic mass is 14.9. The average Bonchev–Trinajstić information content (AvgIpc) is 2.15. The van der Waals surface area contributed by atoms with E-state index in [4.69, 9.17) is 0 Å². The topological polar surface area (TPSA) is 24.9 Å². The summed E-state index contributed by atoms with van der Waals surface area (Å²) in [5.74, 6) is 0. The van der Waals surface area contributed by atoms with Crippen molar-refractivity contribution in [3.8, 4) is 0 Å². The third-order valence-corrected chi connectivity index (χ3v) is 2.00. The summed E-state index contributed by atoms with van der Waals surface area (Å²) < 4.78 is 0. The van der Waals surface area contributed by atoms with Crippen LogP contribution in [0.5, 0.6) is 0 Å². The third-order valence-electron chi connectivity index (χ3n) is 2.00. The molecule has 2 nitrogen and oxygen atoms in total. The zero-order valence-electron chi connectivity index (χ0n) is 10.0. The van der Waals surface area contributed by atoms with E-state index in [9.17, 15) is 0 Å². The van der Waals surface area contributed by atoms with Gasteiger partial charge in [0, 0.05) is 24.5 Å². The molecule has 15 heavy (non-hydrogen) atoms. The molecule has 0 aliphatic carbocycles. The summed E-state index contributed by atoms with van der Waals surface area (Å²) in [5.41, 5.74) is 2.65. The lowest BCUT2D eigenvalue weighted by molar-refractivity contribution is 0.445. The molecule has 0 bridgehead atoms. The van der Waals surface area contributed by atoms with Crippen LogP contribution in [0, 0.1) is 0 Å². The fourth-order valence-electron chi connectivity index (χ4n) is 1.20. The van der Waals surface area contributed by atoms with Gasteiger partial charge in [-0.15, -0.1) is 0 Å². The normalized spacial score (nSPS) is 12.9. The van der Waals surface area contributed by atoms with Crippen molar-refractivity contribution < 1.29 is 0 Å². The van der Waals surface area contributed by atoms with Gasteiger partial charge in [0.05, 0.1) is 0 Å². The van der Waals surface area contributed by atoms with Crippen molar-refractivity contribution in [2.45, 2.75) is 33.2 Å². The second-order valence-corrected chi connectivity index (χ2v) is 4.88. The largest absolute Gasteiger partial charge is 0.308 e. The third kappa shape index (κ3) is 5.33. The van der Waals surface area contributed by atoms with E-state index >= 15 is 0 Å². The van der Waals surface area contributed by atoms with E-state index in [1.807, 2.05) is 12.3 Å². The van der Waals surface area contributed by atoms with Gasteiger partial charge in [-0.1, -0.05) is 17.7 Å². The Labute approximate surface area is 92.4 Å². The molecule has 0 saturated carbocycles. The Hall–Kier alpha value is -1.15. The molecule has 0 fully saturated rings. The molecule has 0 aliphatic heterocycles. The van der Waals surface area contributed by atoms with Crippen LogP contribution < -0.4 is 5.32 Å². The minimum Gasteiger partial charge on any atom is -0.308 e. The molecule has 1 heterocycles. The van der Waals surface area contributed by atoms with Crippen molar-refractivity contribution in [2.24, 2.45) is 0 Å². The molecule has 0 saturated heterocycles. The molecule has 0 spiro atoms. The van der Waals surface area contributed by atoms with Crippen LogP contribution in [0.1, 0.15) is 33.3 Å². The van der Waals surface area contributed by atoms with E-state index in [1.165, 1.54) is 5.57 Å². The van der Waals surface area contributed by atoms with Crippen LogP contribution >= 0.6 is 0 Å². The fraction of sp³-hybridized carbons (Fsp3) is 0.462. The quantitative estimate of drug-likeness (QED) is 0.819. The Balaban J connectivity index is 2.54. The predicted molar refractivity (Wildman–Crippen MR) is 65.6 cm³/mol. The SMILES string of the molecule is CC(=Cc1cccnc1)CNC(C)(C)C. The number of aromatic nitrogens is 1. The first-order valence-electron chi connectivity index (χ1n) is 5.29. The summed E-state index contributed by atoms with van der Waals surface area (Å²) in [6, 6.07) is 4.02. The highest BCUT2D eigenvalue weighted by Crippen LogP contribution is 2.05. The Morgan fingerprint density at radius 1 is 1.47 bits per heavy atom. The van der Waals surface area contributed by atoms with Crippen LogP contribution in [0.2, 0.25) is 0 Å². The first-order valence-corrected chi connectivity index (χ1v) is 5.29. The van der Waals surface area contributed by atoms with Gasteiger partial charge in [-0.05, 0) is 39.3 Å². The molecule has 0 aliphatic rings. The van der Waals surface area contributed by atoms with E-state index in [0.717, 1.165) is 12.1 Å². The van der Waals surface area contributed by atoms with E-state index in [-0.39, 0.29) is 5.54 Å². The van der Waals surface area contributed by atoms with E-state index in [0.29, 0.717) is 0 Å².